The molecule has 0 aromatic heterocycles. The van der Waals surface area contributed by atoms with Crippen LogP contribution in [0.15, 0.2) is 24.3 Å². The molecular formula is C17H29N2O+. The van der Waals surface area contributed by atoms with Crippen LogP contribution in [0.5, 0.6) is 0 Å². The highest BCUT2D eigenvalue weighted by atomic mass is 16.1. The van der Waals surface area contributed by atoms with Gasteiger partial charge in [-0.1, -0.05) is 52.0 Å². The summed E-state index contributed by atoms with van der Waals surface area (Å²) in [7, 11) is 0. The maximum atomic E-state index is 11.3. The Morgan fingerprint density at radius 2 is 1.65 bits per heavy atom. The number of benzene rings is 1. The van der Waals surface area contributed by atoms with Crippen LogP contribution in [-0.4, -0.2) is 11.9 Å². The van der Waals surface area contributed by atoms with E-state index in [1.807, 2.05) is 6.92 Å². The van der Waals surface area contributed by atoms with Crippen LogP contribution in [0.4, 0.5) is 0 Å². The molecule has 3 heteroatoms. The lowest BCUT2D eigenvalue weighted by atomic mass is 9.93. The quantitative estimate of drug-likeness (QED) is 0.787. The van der Waals surface area contributed by atoms with Crippen LogP contribution in [-0.2, 0) is 11.2 Å². The molecule has 1 aromatic rings. The van der Waals surface area contributed by atoms with Crippen LogP contribution in [0, 0.1) is 11.8 Å². The number of nitrogens with two attached hydrogens (primary N) is 2. The van der Waals surface area contributed by atoms with Crippen molar-refractivity contribution in [1.82, 2.24) is 0 Å². The number of quaternary nitrogens is 1. The molecule has 0 aliphatic rings. The molecule has 0 aliphatic carbocycles. The predicted octanol–water partition coefficient (Wildman–Crippen LogP) is 2.02. The van der Waals surface area contributed by atoms with E-state index in [0.29, 0.717) is 11.8 Å². The summed E-state index contributed by atoms with van der Waals surface area (Å²) in [6.07, 6.45) is 1.11. The topological polar surface area (TPSA) is 59.7 Å². The van der Waals surface area contributed by atoms with E-state index >= 15 is 0 Å². The third kappa shape index (κ3) is 4.97. The van der Waals surface area contributed by atoms with Crippen LogP contribution >= 0.6 is 0 Å². The fraction of sp³-hybridized carbons (Fsp3) is 0.588. The van der Waals surface area contributed by atoms with Gasteiger partial charge in [-0.05, 0) is 24.8 Å². The van der Waals surface area contributed by atoms with Crippen molar-refractivity contribution in [2.75, 3.05) is 0 Å². The van der Waals surface area contributed by atoms with E-state index in [0.717, 1.165) is 6.42 Å². The zero-order valence-electron chi connectivity index (χ0n) is 13.4. The fourth-order valence-electron chi connectivity index (χ4n) is 2.47. The lowest BCUT2D eigenvalue weighted by molar-refractivity contribution is -0.719. The van der Waals surface area contributed by atoms with E-state index in [1.165, 1.54) is 11.1 Å². The maximum Gasteiger partial charge on any atom is 0.275 e. The Hall–Kier alpha value is -1.35. The standard InChI is InChI=1S/C17H28N2O/c1-11(2)10-14-6-8-15(9-7-14)16(12(3)4)19-13(5)17(18)20/h6-9,11-13,16,19H,10H2,1-5H3,(H2,18,20)/p+1/t13-,16+/m1/s1. The van der Waals surface area contributed by atoms with Gasteiger partial charge in [0.2, 0.25) is 0 Å². The first-order valence-electron chi connectivity index (χ1n) is 7.54. The Labute approximate surface area is 122 Å². The Bertz CT molecular complexity index is 423. The van der Waals surface area contributed by atoms with Crippen molar-refractivity contribution >= 4 is 5.91 Å². The zero-order valence-corrected chi connectivity index (χ0v) is 13.4. The van der Waals surface area contributed by atoms with Crippen LogP contribution < -0.4 is 11.1 Å². The minimum Gasteiger partial charge on any atom is -0.365 e. The summed E-state index contributed by atoms with van der Waals surface area (Å²) in [6.45, 7) is 10.7. The highest BCUT2D eigenvalue weighted by Gasteiger charge is 2.24. The number of hydrogen-bond acceptors (Lipinski definition) is 1. The molecule has 0 fully saturated rings. The van der Waals surface area contributed by atoms with Gasteiger partial charge in [0.05, 0.1) is 0 Å². The first kappa shape index (κ1) is 16.7. The van der Waals surface area contributed by atoms with E-state index in [4.69, 9.17) is 5.73 Å². The van der Waals surface area contributed by atoms with E-state index in [-0.39, 0.29) is 18.0 Å². The van der Waals surface area contributed by atoms with Gasteiger partial charge in [-0.3, -0.25) is 4.79 Å². The Kier molecular flexibility index (Phi) is 6.21. The number of carbonyl (C=O) groups excluding carboxylic acids is 1. The first-order valence-corrected chi connectivity index (χ1v) is 7.54. The van der Waals surface area contributed by atoms with Crippen LogP contribution in [0.1, 0.15) is 51.8 Å². The van der Waals surface area contributed by atoms with Gasteiger partial charge in [0.15, 0.2) is 6.04 Å². The van der Waals surface area contributed by atoms with Gasteiger partial charge in [-0.2, -0.15) is 0 Å². The molecule has 0 aliphatic heterocycles. The third-order valence-electron chi connectivity index (χ3n) is 3.67. The van der Waals surface area contributed by atoms with Crippen molar-refractivity contribution < 1.29 is 10.1 Å². The summed E-state index contributed by atoms with van der Waals surface area (Å²) in [6, 6.07) is 8.85. The summed E-state index contributed by atoms with van der Waals surface area (Å²) in [4.78, 5) is 11.3. The van der Waals surface area contributed by atoms with Crippen molar-refractivity contribution in [1.29, 1.82) is 0 Å². The van der Waals surface area contributed by atoms with Gasteiger partial charge in [0.25, 0.3) is 5.91 Å². The Balaban J connectivity index is 2.84. The van der Waals surface area contributed by atoms with Crippen LogP contribution in [0.3, 0.4) is 0 Å². The van der Waals surface area contributed by atoms with E-state index in [1.54, 1.807) is 0 Å². The summed E-state index contributed by atoms with van der Waals surface area (Å²) in [5, 5.41) is 2.07. The predicted molar refractivity (Wildman–Crippen MR) is 83.1 cm³/mol. The van der Waals surface area contributed by atoms with Crippen LogP contribution in [0.25, 0.3) is 0 Å². The van der Waals surface area contributed by atoms with Gasteiger partial charge >= 0.3 is 0 Å². The molecule has 1 rings (SSSR count). The second kappa shape index (κ2) is 7.44. The number of rotatable bonds is 7. The second-order valence-electron chi connectivity index (χ2n) is 6.49. The number of hydrogen-bond donors (Lipinski definition) is 2. The Morgan fingerprint density at radius 3 is 2.05 bits per heavy atom. The molecule has 0 bridgehead atoms. The van der Waals surface area contributed by atoms with Gasteiger partial charge in [-0.15, -0.1) is 0 Å². The van der Waals surface area contributed by atoms with E-state index < -0.39 is 0 Å². The molecule has 0 spiro atoms. The van der Waals surface area contributed by atoms with Gasteiger partial charge in [0, 0.05) is 11.5 Å². The Morgan fingerprint density at radius 1 is 1.10 bits per heavy atom. The van der Waals surface area contributed by atoms with E-state index in [2.05, 4.69) is 57.3 Å². The fourth-order valence-corrected chi connectivity index (χ4v) is 2.47. The molecule has 0 heterocycles. The highest BCUT2D eigenvalue weighted by Crippen LogP contribution is 2.19. The average molecular weight is 277 g/mol. The zero-order chi connectivity index (χ0) is 15.3. The molecular weight excluding hydrogens is 248 g/mol. The average Bonchev–Trinajstić information content (AvgIpc) is 2.35. The minimum atomic E-state index is -0.257. The van der Waals surface area contributed by atoms with Crippen molar-refractivity contribution in [3.63, 3.8) is 0 Å². The molecule has 1 aromatic carbocycles. The third-order valence-corrected chi connectivity index (χ3v) is 3.67. The highest BCUT2D eigenvalue weighted by molar-refractivity contribution is 5.77. The molecule has 0 radical (unpaired) electrons. The maximum absolute atomic E-state index is 11.3. The number of carbonyl (C=O) groups is 1. The summed E-state index contributed by atoms with van der Waals surface area (Å²) < 4.78 is 0. The first-order chi connectivity index (χ1) is 9.31. The van der Waals surface area contributed by atoms with Crippen molar-refractivity contribution in [2.24, 2.45) is 17.6 Å². The molecule has 0 saturated carbocycles. The smallest absolute Gasteiger partial charge is 0.275 e. The van der Waals surface area contributed by atoms with Crippen molar-refractivity contribution in [3.8, 4) is 0 Å². The summed E-state index contributed by atoms with van der Waals surface area (Å²) in [5.41, 5.74) is 8.01. The van der Waals surface area contributed by atoms with Crippen LogP contribution in [0.2, 0.25) is 0 Å². The van der Waals surface area contributed by atoms with Gasteiger partial charge in [-0.25, -0.2) is 0 Å². The molecule has 0 saturated heterocycles. The molecule has 2 atom stereocenters. The number of amides is 1. The van der Waals surface area contributed by atoms with E-state index in [9.17, 15) is 4.79 Å². The molecule has 3 nitrogen and oxygen atoms in total. The summed E-state index contributed by atoms with van der Waals surface area (Å²) in [5.74, 6) is 0.864. The minimum absolute atomic E-state index is 0.197. The van der Waals surface area contributed by atoms with Gasteiger partial charge in [0.1, 0.15) is 6.04 Å². The lowest BCUT2D eigenvalue weighted by Gasteiger charge is -2.22. The number of primary amides is 1. The largest absolute Gasteiger partial charge is 0.365 e. The van der Waals surface area contributed by atoms with Crippen molar-refractivity contribution in [3.05, 3.63) is 35.4 Å². The SMILES string of the molecule is CC(C)Cc1ccc([C@@H]([NH2+][C@H](C)C(N)=O)C(C)C)cc1. The second-order valence-corrected chi connectivity index (χ2v) is 6.49. The monoisotopic (exact) mass is 277 g/mol. The molecule has 1 amide bonds. The molecule has 4 N–H and O–H groups in total. The lowest BCUT2D eigenvalue weighted by Crippen LogP contribution is -2.93. The molecule has 20 heavy (non-hydrogen) atoms. The van der Waals surface area contributed by atoms with Gasteiger partial charge < -0.3 is 11.1 Å². The normalized spacial score (nSPS) is 14.6. The molecule has 112 valence electrons. The molecule has 0 unspecified atom stereocenters. The summed E-state index contributed by atoms with van der Waals surface area (Å²) >= 11 is 0. The van der Waals surface area contributed by atoms with Crippen molar-refractivity contribution in [2.45, 2.75) is 53.1 Å².